The molecular weight excluding hydrogens is 315 g/mol. The molecule has 0 aliphatic rings. The van der Waals surface area contributed by atoms with Crippen LogP contribution in [-0.4, -0.2) is 29.6 Å². The number of allylic oxidation sites excluding steroid dienone is 2. The van der Waals surface area contributed by atoms with Crippen LogP contribution in [0.3, 0.4) is 0 Å². The predicted octanol–water partition coefficient (Wildman–Crippen LogP) is 5.23. The van der Waals surface area contributed by atoms with Crippen molar-refractivity contribution in [1.29, 1.82) is 0 Å². The number of ether oxygens (including phenoxy) is 1. The van der Waals surface area contributed by atoms with E-state index in [0.717, 1.165) is 12.8 Å². The maximum Gasteiger partial charge on any atom is 0.469 e. The Bertz CT molecular complexity index is 308. The molecule has 0 unspecified atom stereocenters. The van der Waals surface area contributed by atoms with E-state index < -0.39 is 7.82 Å². The second-order valence-corrected chi connectivity index (χ2v) is 7.02. The van der Waals surface area contributed by atoms with Crippen LogP contribution >= 0.6 is 7.82 Å². The number of rotatable bonds is 13. The molecular formula is C17H37O5P. The molecule has 0 fully saturated rings. The summed E-state index contributed by atoms with van der Waals surface area (Å²) in [5, 5.41) is 0. The number of hydrogen-bond acceptors (Lipinski definition) is 3. The molecule has 0 heterocycles. The van der Waals surface area contributed by atoms with Crippen molar-refractivity contribution in [2.75, 3.05) is 19.8 Å². The Hall–Kier alpha value is -0.190. The highest BCUT2D eigenvalue weighted by Gasteiger charge is 2.12. The zero-order valence-electron chi connectivity index (χ0n) is 15.4. The third-order valence-electron chi connectivity index (χ3n) is 3.21. The molecule has 0 saturated carbocycles. The third-order valence-corrected chi connectivity index (χ3v) is 3.73. The van der Waals surface area contributed by atoms with E-state index in [-0.39, 0.29) is 13.2 Å². The van der Waals surface area contributed by atoms with E-state index in [2.05, 4.69) is 31.4 Å². The first-order valence-corrected chi connectivity index (χ1v) is 10.2. The van der Waals surface area contributed by atoms with Crippen LogP contribution in [0.2, 0.25) is 0 Å². The highest BCUT2D eigenvalue weighted by Crippen LogP contribution is 2.35. The first kappa shape index (κ1) is 25.1. The molecule has 5 nitrogen and oxygen atoms in total. The van der Waals surface area contributed by atoms with Crippen LogP contribution in [-0.2, 0) is 13.8 Å². The molecule has 2 N–H and O–H groups in total. The Kier molecular flexibility index (Phi) is 19.8. The van der Waals surface area contributed by atoms with E-state index in [1.807, 2.05) is 6.92 Å². The van der Waals surface area contributed by atoms with Crippen molar-refractivity contribution in [3.63, 3.8) is 0 Å². The molecule has 0 atom stereocenters. The molecule has 140 valence electrons. The van der Waals surface area contributed by atoms with Crippen molar-refractivity contribution in [1.82, 2.24) is 0 Å². The summed E-state index contributed by atoms with van der Waals surface area (Å²) in [5.41, 5.74) is 1.38. The first-order chi connectivity index (χ1) is 10.8. The SMILES string of the molecule is CC=C(C)C.CCCCCCCCCCOCCOP(=O)(O)O. The van der Waals surface area contributed by atoms with E-state index in [0.29, 0.717) is 6.61 Å². The molecule has 0 bridgehead atoms. The van der Waals surface area contributed by atoms with Crippen molar-refractivity contribution in [2.45, 2.75) is 79.1 Å². The lowest BCUT2D eigenvalue weighted by atomic mass is 10.1. The summed E-state index contributed by atoms with van der Waals surface area (Å²) < 4.78 is 19.8. The highest BCUT2D eigenvalue weighted by molar-refractivity contribution is 7.46. The molecule has 0 rings (SSSR count). The normalized spacial score (nSPS) is 10.9. The molecule has 0 aromatic rings. The summed E-state index contributed by atoms with van der Waals surface area (Å²) >= 11 is 0. The topological polar surface area (TPSA) is 76.0 Å². The number of hydrogen-bond donors (Lipinski definition) is 2. The van der Waals surface area contributed by atoms with Gasteiger partial charge < -0.3 is 14.5 Å². The zero-order valence-corrected chi connectivity index (χ0v) is 16.3. The van der Waals surface area contributed by atoms with Gasteiger partial charge in [0.25, 0.3) is 0 Å². The Morgan fingerprint density at radius 3 is 1.83 bits per heavy atom. The van der Waals surface area contributed by atoms with E-state index in [1.165, 1.54) is 44.1 Å². The van der Waals surface area contributed by atoms with Gasteiger partial charge in [-0.3, -0.25) is 4.52 Å². The van der Waals surface area contributed by atoms with Crippen LogP contribution in [0.5, 0.6) is 0 Å². The van der Waals surface area contributed by atoms with Crippen molar-refractivity contribution >= 4 is 7.82 Å². The monoisotopic (exact) mass is 352 g/mol. The van der Waals surface area contributed by atoms with E-state index in [9.17, 15) is 4.57 Å². The van der Waals surface area contributed by atoms with Gasteiger partial charge in [-0.05, 0) is 27.2 Å². The van der Waals surface area contributed by atoms with E-state index >= 15 is 0 Å². The summed E-state index contributed by atoms with van der Waals surface area (Å²) in [5.74, 6) is 0. The highest BCUT2D eigenvalue weighted by atomic mass is 31.2. The van der Waals surface area contributed by atoms with Gasteiger partial charge in [-0.2, -0.15) is 0 Å². The predicted molar refractivity (Wildman–Crippen MR) is 96.5 cm³/mol. The van der Waals surface area contributed by atoms with Crippen LogP contribution < -0.4 is 0 Å². The van der Waals surface area contributed by atoms with Crippen molar-refractivity contribution in [2.24, 2.45) is 0 Å². The molecule has 6 heteroatoms. The fourth-order valence-electron chi connectivity index (χ4n) is 1.66. The molecule has 0 aromatic carbocycles. The van der Waals surface area contributed by atoms with Gasteiger partial charge in [-0.1, -0.05) is 63.5 Å². The van der Waals surface area contributed by atoms with Gasteiger partial charge >= 0.3 is 7.82 Å². The summed E-state index contributed by atoms with van der Waals surface area (Å²) in [6.07, 6.45) is 12.1. The smallest absolute Gasteiger partial charge is 0.379 e. The number of unbranched alkanes of at least 4 members (excludes halogenated alkanes) is 7. The molecule has 0 aliphatic heterocycles. The van der Waals surface area contributed by atoms with Gasteiger partial charge in [0.05, 0.1) is 13.2 Å². The summed E-state index contributed by atoms with van der Waals surface area (Å²) in [6.45, 7) is 9.24. The van der Waals surface area contributed by atoms with Gasteiger partial charge in [0.1, 0.15) is 0 Å². The summed E-state index contributed by atoms with van der Waals surface area (Å²) in [4.78, 5) is 16.8. The summed E-state index contributed by atoms with van der Waals surface area (Å²) in [6, 6.07) is 0. The third kappa shape index (κ3) is 30.3. The average molecular weight is 352 g/mol. The maximum absolute atomic E-state index is 10.3. The Balaban J connectivity index is 0. The lowest BCUT2D eigenvalue weighted by Crippen LogP contribution is -2.04. The molecule has 0 spiro atoms. The summed E-state index contributed by atoms with van der Waals surface area (Å²) in [7, 11) is -4.33. The van der Waals surface area contributed by atoms with E-state index in [1.54, 1.807) is 0 Å². The van der Waals surface area contributed by atoms with Crippen LogP contribution in [0.25, 0.3) is 0 Å². The molecule has 0 aromatic heterocycles. The average Bonchev–Trinajstić information content (AvgIpc) is 2.48. The zero-order chi connectivity index (χ0) is 18.0. The van der Waals surface area contributed by atoms with Crippen LogP contribution in [0.1, 0.15) is 79.1 Å². The lowest BCUT2D eigenvalue weighted by molar-refractivity contribution is 0.0831. The molecule has 0 aliphatic carbocycles. The largest absolute Gasteiger partial charge is 0.469 e. The minimum atomic E-state index is -4.33. The molecule has 0 saturated heterocycles. The van der Waals surface area contributed by atoms with E-state index in [4.69, 9.17) is 14.5 Å². The minimum Gasteiger partial charge on any atom is -0.379 e. The van der Waals surface area contributed by atoms with Gasteiger partial charge in [-0.25, -0.2) is 4.57 Å². The first-order valence-electron chi connectivity index (χ1n) is 8.70. The van der Waals surface area contributed by atoms with Crippen molar-refractivity contribution in [3.05, 3.63) is 11.6 Å². The quantitative estimate of drug-likeness (QED) is 0.270. The van der Waals surface area contributed by atoms with Crippen LogP contribution in [0, 0.1) is 0 Å². The fraction of sp³-hybridized carbons (Fsp3) is 0.882. The Labute approximate surface area is 142 Å². The Morgan fingerprint density at radius 1 is 0.913 bits per heavy atom. The van der Waals surface area contributed by atoms with Gasteiger partial charge in [0.15, 0.2) is 0 Å². The minimum absolute atomic E-state index is 0.0543. The molecule has 0 radical (unpaired) electrons. The van der Waals surface area contributed by atoms with Crippen molar-refractivity contribution in [3.8, 4) is 0 Å². The molecule has 23 heavy (non-hydrogen) atoms. The van der Waals surface area contributed by atoms with Crippen molar-refractivity contribution < 1.29 is 23.6 Å². The lowest BCUT2D eigenvalue weighted by Gasteiger charge is -2.06. The Morgan fingerprint density at radius 2 is 1.39 bits per heavy atom. The van der Waals surface area contributed by atoms with Gasteiger partial charge in [0, 0.05) is 6.61 Å². The fourth-order valence-corrected chi connectivity index (χ4v) is 1.97. The second kappa shape index (κ2) is 18.2. The second-order valence-electron chi connectivity index (χ2n) is 5.78. The molecule has 0 amide bonds. The maximum atomic E-state index is 10.3. The number of phosphoric acid groups is 1. The standard InChI is InChI=1S/C12H27O5P.C5H10/c1-2-3-4-5-6-7-8-9-10-16-11-12-17-18(13,14)15;1-4-5(2)3/h2-12H2,1H3,(H2,13,14,15);4H,1-3H3. The number of phosphoric ester groups is 1. The van der Waals surface area contributed by atoms with Crippen LogP contribution in [0.4, 0.5) is 0 Å². The van der Waals surface area contributed by atoms with Gasteiger partial charge in [0.2, 0.25) is 0 Å². The van der Waals surface area contributed by atoms with Gasteiger partial charge in [-0.15, -0.1) is 0 Å². The van der Waals surface area contributed by atoms with Crippen LogP contribution in [0.15, 0.2) is 11.6 Å².